The van der Waals surface area contributed by atoms with E-state index in [1.807, 2.05) is 48.5 Å². The van der Waals surface area contributed by atoms with E-state index < -0.39 is 75.4 Å². The molecule has 14 atom stereocenters. The van der Waals surface area contributed by atoms with Crippen molar-refractivity contribution in [2.45, 2.75) is 212 Å². The summed E-state index contributed by atoms with van der Waals surface area (Å²) in [6, 6.07) is -1.000. The van der Waals surface area contributed by atoms with Gasteiger partial charge in [-0.2, -0.15) is 0 Å². The summed E-state index contributed by atoms with van der Waals surface area (Å²) in [6.45, 7) is 19.2. The van der Waals surface area contributed by atoms with E-state index in [4.69, 9.17) is 56.2 Å². The van der Waals surface area contributed by atoms with Crippen LogP contribution in [0.25, 0.3) is 0 Å². The zero-order valence-electron chi connectivity index (χ0n) is 42.2. The van der Waals surface area contributed by atoms with Gasteiger partial charge in [-0.25, -0.2) is 9.25 Å². The number of aliphatic hydroxyl groups is 3. The van der Waals surface area contributed by atoms with Gasteiger partial charge in [-0.05, 0) is 74.7 Å². The Hall–Kier alpha value is -2.09. The summed E-state index contributed by atoms with van der Waals surface area (Å²) >= 11 is 0. The summed E-state index contributed by atoms with van der Waals surface area (Å²) in [6.07, 6.45) is -2.17. The average Bonchev–Trinajstić information content (AvgIpc) is 4.00. The van der Waals surface area contributed by atoms with Gasteiger partial charge >= 0.3 is 7.82 Å². The third kappa shape index (κ3) is 21.1. The second-order valence-corrected chi connectivity index (χ2v) is 20.2. The van der Waals surface area contributed by atoms with E-state index in [9.17, 15) is 29.5 Å². The Morgan fingerprint density at radius 3 is 2.10 bits per heavy atom. The first kappa shape index (κ1) is 59.5. The zero-order chi connectivity index (χ0) is 50.5. The monoisotopic (exact) mass is 1010 g/mol. The fourth-order valence-corrected chi connectivity index (χ4v) is 9.99. The third-order valence-corrected chi connectivity index (χ3v) is 13.2. The number of carbonyl (C=O) groups excluding carboxylic acids is 2. The van der Waals surface area contributed by atoms with E-state index in [0.29, 0.717) is 103 Å². The number of phosphoric ester groups is 1. The highest BCUT2D eigenvalue weighted by Gasteiger charge is 2.48. The first-order valence-electron chi connectivity index (χ1n) is 24.8. The van der Waals surface area contributed by atoms with Gasteiger partial charge in [0.05, 0.1) is 101 Å². The third-order valence-electron chi connectivity index (χ3n) is 11.6. The van der Waals surface area contributed by atoms with Gasteiger partial charge in [0.15, 0.2) is 6.29 Å². The number of aliphatic hydroxyl groups excluding tert-OH is 3. The highest BCUT2D eigenvalue weighted by molar-refractivity contribution is 7.48. The molecule has 1 aromatic rings. The SMILES string of the molecule is CC(=O)NC1C(OCCCCC(=O)CCCOCCOCCOCCn2cc(CCOP(=O)(OC(C)[C@H]3O[C@@H](C)C[C@H]3OC(C)C)O[C@@H]3C[C@H](C)O[C@@H]3C(C)OC(C)C)nn2)OC(CO)C(O)C1O. The van der Waals surface area contributed by atoms with Crippen LogP contribution < -0.4 is 5.32 Å². The van der Waals surface area contributed by atoms with Gasteiger partial charge in [0.1, 0.15) is 48.4 Å². The molecule has 4 N–H and O–H groups in total. The number of aromatic nitrogens is 3. The number of unbranched alkanes of at least 4 members (excludes halogenated alkanes) is 1. The minimum absolute atomic E-state index is 0.00686. The summed E-state index contributed by atoms with van der Waals surface area (Å²) in [5.74, 6) is -0.323. The fourth-order valence-electron chi connectivity index (χ4n) is 8.44. The van der Waals surface area contributed by atoms with Crippen molar-refractivity contribution in [3.05, 3.63) is 11.9 Å². The number of ketones is 1. The number of nitrogens with zero attached hydrogens (tertiary/aromatic N) is 3. The maximum absolute atomic E-state index is 14.5. The number of hydrogen-bond acceptors (Lipinski definition) is 20. The van der Waals surface area contributed by atoms with E-state index in [0.717, 1.165) is 0 Å². The van der Waals surface area contributed by atoms with Crippen LogP contribution in [-0.2, 0) is 83.3 Å². The number of hydrogen-bond donors (Lipinski definition) is 4. The van der Waals surface area contributed by atoms with Crippen molar-refractivity contribution in [3.8, 4) is 0 Å². The molecule has 1 amide bonds. The molecule has 23 heteroatoms. The Kier molecular flexibility index (Phi) is 26.6. The van der Waals surface area contributed by atoms with Crippen LogP contribution in [0.4, 0.5) is 0 Å². The molecule has 0 spiro atoms. The molecule has 4 rings (SSSR count). The van der Waals surface area contributed by atoms with Crippen LogP contribution in [0, 0.1) is 0 Å². The lowest BCUT2D eigenvalue weighted by Crippen LogP contribution is -2.64. The van der Waals surface area contributed by atoms with Crippen molar-refractivity contribution in [1.29, 1.82) is 0 Å². The Bertz CT molecular complexity index is 1660. The fraction of sp³-hybridized carbons (Fsp3) is 0.913. The summed E-state index contributed by atoms with van der Waals surface area (Å²) < 4.78 is 87.3. The standard InChI is InChI=1S/C46H83N4O18P/c1-29(2)62-33(7)44-39(26-32(6)64-44)68-69(56,67-34(8)45-38(63-30(3)4)25-31(5)65-45)61-19-15-36-27-50(49-48-36)16-20-58-22-24-59-23-21-57-17-12-14-37(53)13-10-11-18-60-46-41(47-35(9)52)43(55)42(54)40(28-51)66-46/h27,29-34,38-46,51,54-55H,10-26,28H2,1-9H3,(H,47,52)/t31-,32-,33?,34?,38+,39+,40?,41?,42?,43?,44+,45+,46?,69?/m0/s1. The molecule has 0 aliphatic carbocycles. The second-order valence-electron chi connectivity index (χ2n) is 18.6. The van der Waals surface area contributed by atoms with Crippen LogP contribution >= 0.6 is 7.82 Å². The van der Waals surface area contributed by atoms with Crippen LogP contribution in [0.5, 0.6) is 0 Å². The topological polar surface area (TPSA) is 265 Å². The van der Waals surface area contributed by atoms with Gasteiger partial charge in [-0.15, -0.1) is 5.10 Å². The molecule has 3 saturated heterocycles. The molecule has 0 radical (unpaired) electrons. The summed E-state index contributed by atoms with van der Waals surface area (Å²) in [5.41, 5.74) is 0.631. The van der Waals surface area contributed by atoms with E-state index in [-0.39, 0.29) is 55.6 Å². The number of phosphoric acid groups is 1. The van der Waals surface area contributed by atoms with Gasteiger partial charge in [0.2, 0.25) is 5.91 Å². The molecule has 69 heavy (non-hydrogen) atoms. The van der Waals surface area contributed by atoms with Crippen molar-refractivity contribution in [2.24, 2.45) is 0 Å². The summed E-state index contributed by atoms with van der Waals surface area (Å²) in [4.78, 5) is 23.9. The largest absolute Gasteiger partial charge is 0.475 e. The number of Topliss-reactive ketones (excluding diaryl/α,β-unsaturated/α-hetero) is 1. The van der Waals surface area contributed by atoms with Crippen molar-refractivity contribution < 1.29 is 85.7 Å². The minimum atomic E-state index is -4.19. The summed E-state index contributed by atoms with van der Waals surface area (Å²) in [7, 11) is -4.19. The molecule has 3 fully saturated rings. The second kappa shape index (κ2) is 30.8. The molecule has 0 aromatic carbocycles. The van der Waals surface area contributed by atoms with Gasteiger partial charge in [0, 0.05) is 58.4 Å². The highest BCUT2D eigenvalue weighted by atomic mass is 31.2. The van der Waals surface area contributed by atoms with E-state index >= 15 is 0 Å². The molecule has 1 aromatic heterocycles. The Morgan fingerprint density at radius 1 is 0.812 bits per heavy atom. The van der Waals surface area contributed by atoms with Crippen molar-refractivity contribution in [3.63, 3.8) is 0 Å². The number of amides is 1. The van der Waals surface area contributed by atoms with E-state index in [2.05, 4.69) is 15.6 Å². The molecule has 3 aliphatic heterocycles. The minimum Gasteiger partial charge on any atom is -0.394 e. The van der Waals surface area contributed by atoms with Crippen molar-refractivity contribution >= 4 is 19.5 Å². The number of nitrogens with one attached hydrogen (secondary N) is 1. The lowest BCUT2D eigenvalue weighted by Gasteiger charge is -2.42. The maximum atomic E-state index is 14.5. The van der Waals surface area contributed by atoms with Gasteiger partial charge in [-0.1, -0.05) is 5.21 Å². The van der Waals surface area contributed by atoms with Crippen molar-refractivity contribution in [2.75, 3.05) is 59.5 Å². The predicted octanol–water partition coefficient (Wildman–Crippen LogP) is 3.23. The first-order chi connectivity index (χ1) is 32.9. The maximum Gasteiger partial charge on any atom is 0.475 e. The van der Waals surface area contributed by atoms with E-state index in [1.165, 1.54) is 6.92 Å². The van der Waals surface area contributed by atoms with Gasteiger partial charge in [0.25, 0.3) is 0 Å². The molecular formula is C46H83N4O18P. The number of rotatable bonds is 35. The molecular weight excluding hydrogens is 927 g/mol. The average molecular weight is 1010 g/mol. The lowest BCUT2D eigenvalue weighted by molar-refractivity contribution is -0.270. The Morgan fingerprint density at radius 2 is 1.45 bits per heavy atom. The smallest absolute Gasteiger partial charge is 0.394 e. The highest BCUT2D eigenvalue weighted by Crippen LogP contribution is 2.54. The van der Waals surface area contributed by atoms with Crippen LogP contribution in [0.3, 0.4) is 0 Å². The normalized spacial score (nSPS) is 29.2. The first-order valence-corrected chi connectivity index (χ1v) is 26.2. The number of carbonyl (C=O) groups is 2. The number of ether oxygens (including phenoxy) is 9. The molecule has 8 unspecified atom stereocenters. The van der Waals surface area contributed by atoms with Crippen LogP contribution in [0.1, 0.15) is 113 Å². The van der Waals surface area contributed by atoms with Gasteiger partial charge < -0.3 is 63.3 Å². The molecule has 3 aliphatic rings. The molecule has 22 nitrogen and oxygen atoms in total. The molecule has 4 heterocycles. The predicted molar refractivity (Wildman–Crippen MR) is 248 cm³/mol. The van der Waals surface area contributed by atoms with Crippen molar-refractivity contribution in [1.82, 2.24) is 20.3 Å². The lowest BCUT2D eigenvalue weighted by atomic mass is 9.97. The van der Waals surface area contributed by atoms with Gasteiger partial charge in [-0.3, -0.25) is 23.2 Å². The molecule has 0 bridgehead atoms. The van der Waals surface area contributed by atoms with Crippen LogP contribution in [-0.4, -0.2) is 193 Å². The van der Waals surface area contributed by atoms with E-state index in [1.54, 1.807) is 17.8 Å². The Labute approximate surface area is 407 Å². The zero-order valence-corrected chi connectivity index (χ0v) is 43.1. The Balaban J connectivity index is 1.07. The molecule has 400 valence electrons. The van der Waals surface area contributed by atoms with Crippen LogP contribution in [0.15, 0.2) is 6.20 Å². The quantitative estimate of drug-likeness (QED) is 0.0562. The molecule has 0 saturated carbocycles. The van der Waals surface area contributed by atoms with Crippen LogP contribution in [0.2, 0.25) is 0 Å². The summed E-state index contributed by atoms with van der Waals surface area (Å²) in [5, 5.41) is 40.9.